The zero-order valence-electron chi connectivity index (χ0n) is 23.1. The molecule has 0 unspecified atom stereocenters. The van der Waals surface area contributed by atoms with Gasteiger partial charge in [-0.3, -0.25) is 9.20 Å². The molecule has 41 heavy (non-hydrogen) atoms. The lowest BCUT2D eigenvalue weighted by Crippen LogP contribution is -2.46. The van der Waals surface area contributed by atoms with Gasteiger partial charge in [0.15, 0.2) is 5.65 Å². The molecule has 0 aliphatic carbocycles. The van der Waals surface area contributed by atoms with E-state index in [0.717, 1.165) is 0 Å². The van der Waals surface area contributed by atoms with Crippen LogP contribution in [-0.2, 0) is 0 Å². The molecule has 1 amide bonds. The number of likely N-dealkylation sites (tertiary alicyclic amines) is 1. The van der Waals surface area contributed by atoms with Crippen molar-refractivity contribution in [2.75, 3.05) is 44.4 Å². The minimum absolute atomic E-state index is 0.0247. The number of rotatable bonds is 8. The van der Waals surface area contributed by atoms with Gasteiger partial charge < -0.3 is 25.6 Å². The lowest BCUT2D eigenvalue weighted by atomic mass is 10.0. The van der Waals surface area contributed by atoms with Gasteiger partial charge >= 0.3 is 5.51 Å². The van der Waals surface area contributed by atoms with Crippen molar-refractivity contribution >= 4 is 34.7 Å². The molecule has 4 rings (SSSR count). The van der Waals surface area contributed by atoms with Gasteiger partial charge in [-0.1, -0.05) is 5.92 Å². The maximum absolute atomic E-state index is 14.7. The van der Waals surface area contributed by atoms with Crippen LogP contribution in [0, 0.1) is 11.8 Å². The number of halogens is 4. The summed E-state index contributed by atoms with van der Waals surface area (Å²) in [6.07, 6.45) is 0.900. The van der Waals surface area contributed by atoms with E-state index in [9.17, 15) is 22.4 Å². The highest BCUT2D eigenvalue weighted by molar-refractivity contribution is 8.00. The first-order valence-electron chi connectivity index (χ1n) is 13.0. The first kappa shape index (κ1) is 30.3. The molecular formula is C28H32F4N6O2S. The number of hydrogen-bond donors (Lipinski definition) is 3. The molecular weight excluding hydrogens is 560 g/mol. The van der Waals surface area contributed by atoms with Crippen molar-refractivity contribution in [1.29, 1.82) is 0 Å². The molecule has 3 aromatic rings. The van der Waals surface area contributed by atoms with Crippen molar-refractivity contribution in [3.05, 3.63) is 47.8 Å². The highest BCUT2D eigenvalue weighted by atomic mass is 32.2. The molecule has 220 valence electrons. The summed E-state index contributed by atoms with van der Waals surface area (Å²) < 4.78 is 61.8. The first-order chi connectivity index (χ1) is 19.4. The van der Waals surface area contributed by atoms with Crippen LogP contribution in [0.25, 0.3) is 5.65 Å². The van der Waals surface area contributed by atoms with E-state index in [2.05, 4.69) is 32.8 Å². The number of carbonyl (C=O) groups is 1. The van der Waals surface area contributed by atoms with Gasteiger partial charge in [0.05, 0.1) is 31.1 Å². The Morgan fingerprint density at radius 2 is 2.05 bits per heavy atom. The molecule has 0 radical (unpaired) electrons. The average molecular weight is 593 g/mol. The van der Waals surface area contributed by atoms with E-state index in [0.29, 0.717) is 35.7 Å². The number of nitrogens with one attached hydrogen (secondary N) is 3. The van der Waals surface area contributed by atoms with Gasteiger partial charge in [0.2, 0.25) is 0 Å². The van der Waals surface area contributed by atoms with Crippen molar-refractivity contribution in [2.45, 2.75) is 49.1 Å². The molecule has 1 saturated heterocycles. The van der Waals surface area contributed by atoms with E-state index in [1.165, 1.54) is 17.7 Å². The van der Waals surface area contributed by atoms with Crippen molar-refractivity contribution in [2.24, 2.45) is 0 Å². The fourth-order valence-electron chi connectivity index (χ4n) is 4.46. The number of nitrogens with zero attached hydrogens (tertiary/aromatic N) is 3. The second-order valence-corrected chi connectivity index (χ2v) is 11.0. The van der Waals surface area contributed by atoms with Crippen LogP contribution in [0.5, 0.6) is 5.75 Å². The Balaban J connectivity index is 1.57. The zero-order valence-corrected chi connectivity index (χ0v) is 23.9. The van der Waals surface area contributed by atoms with Crippen LogP contribution in [0.3, 0.4) is 0 Å². The summed E-state index contributed by atoms with van der Waals surface area (Å²) >= 11 is -0.301. The van der Waals surface area contributed by atoms with E-state index >= 15 is 0 Å². The third kappa shape index (κ3) is 7.77. The molecule has 2 atom stereocenters. The second kappa shape index (κ2) is 12.9. The number of fused-ring (bicyclic) bond motifs is 1. The number of thioether (sulfide) groups is 1. The molecule has 1 aliphatic heterocycles. The highest BCUT2D eigenvalue weighted by Gasteiger charge is 2.33. The fourth-order valence-corrected chi connectivity index (χ4v) is 5.12. The standard InChI is InChI=1S/C28H32F4N6O2S/c1-17(2)34-26(39)18-9-10-21(24(15-18)40-4)33-12-5-7-23-27(41-28(30,31)32)38-13-6-8-22(25(38)36-23)35-20-11-14-37(3)16-19(20)29/h6,8-10,13,15,17,19-20,33,35H,11-12,14,16H2,1-4H3,(H,34,39)/t19-,20+/m0/s1. The summed E-state index contributed by atoms with van der Waals surface area (Å²) in [4.78, 5) is 18.6. The topological polar surface area (TPSA) is 82.9 Å². The van der Waals surface area contributed by atoms with Crippen molar-refractivity contribution in [1.82, 2.24) is 19.6 Å². The predicted molar refractivity (Wildman–Crippen MR) is 152 cm³/mol. The molecule has 2 aromatic heterocycles. The van der Waals surface area contributed by atoms with Gasteiger partial charge in [-0.2, -0.15) is 13.2 Å². The first-order valence-corrected chi connectivity index (χ1v) is 13.8. The summed E-state index contributed by atoms with van der Waals surface area (Å²) in [7, 11) is 3.31. The van der Waals surface area contributed by atoms with Crippen LogP contribution < -0.4 is 20.7 Å². The summed E-state index contributed by atoms with van der Waals surface area (Å²) in [6.45, 7) is 4.76. The highest BCUT2D eigenvalue weighted by Crippen LogP contribution is 2.39. The lowest BCUT2D eigenvalue weighted by Gasteiger charge is -2.33. The Kier molecular flexibility index (Phi) is 9.55. The van der Waals surface area contributed by atoms with Crippen LogP contribution >= 0.6 is 11.8 Å². The van der Waals surface area contributed by atoms with Crippen molar-refractivity contribution in [3.8, 4) is 17.6 Å². The van der Waals surface area contributed by atoms with Crippen LogP contribution in [0.4, 0.5) is 28.9 Å². The summed E-state index contributed by atoms with van der Waals surface area (Å²) in [5.41, 5.74) is -2.95. The predicted octanol–water partition coefficient (Wildman–Crippen LogP) is 5.01. The monoisotopic (exact) mass is 592 g/mol. The number of amides is 1. The second-order valence-electron chi connectivity index (χ2n) is 9.95. The Bertz CT molecular complexity index is 1450. The van der Waals surface area contributed by atoms with Gasteiger partial charge in [-0.25, -0.2) is 9.37 Å². The van der Waals surface area contributed by atoms with Crippen LogP contribution in [0.15, 0.2) is 41.6 Å². The summed E-state index contributed by atoms with van der Waals surface area (Å²) in [5.74, 6) is 5.76. The molecule has 3 heterocycles. The third-order valence-corrected chi connectivity index (χ3v) is 7.18. The Morgan fingerprint density at radius 1 is 1.27 bits per heavy atom. The molecule has 1 aliphatic rings. The third-order valence-electron chi connectivity index (χ3n) is 6.36. The van der Waals surface area contributed by atoms with E-state index in [1.54, 1.807) is 30.3 Å². The SMILES string of the molecule is COc1cc(C(=O)NC(C)C)ccc1NCC#Cc1nc2c(N[C@@H]3CCN(C)C[C@@H]3F)cccn2c1SC(F)(F)F. The van der Waals surface area contributed by atoms with Gasteiger partial charge in [0.25, 0.3) is 5.91 Å². The number of hydrogen-bond acceptors (Lipinski definition) is 7. The molecule has 13 heteroatoms. The van der Waals surface area contributed by atoms with Crippen LogP contribution in [0.1, 0.15) is 36.3 Å². The average Bonchev–Trinajstić information content (AvgIpc) is 3.24. The quantitative estimate of drug-likeness (QED) is 0.193. The molecule has 1 fully saturated rings. The summed E-state index contributed by atoms with van der Waals surface area (Å²) in [5, 5.41) is 8.84. The minimum atomic E-state index is -4.57. The Morgan fingerprint density at radius 3 is 2.73 bits per heavy atom. The Labute approximate surface area is 240 Å². The van der Waals surface area contributed by atoms with E-state index < -0.39 is 17.7 Å². The normalized spacial score (nSPS) is 17.7. The number of pyridine rings is 1. The molecule has 8 nitrogen and oxygen atoms in total. The van der Waals surface area contributed by atoms with Gasteiger partial charge in [0, 0.05) is 42.7 Å². The van der Waals surface area contributed by atoms with E-state index in [4.69, 9.17) is 4.74 Å². The maximum atomic E-state index is 14.7. The van der Waals surface area contributed by atoms with Gasteiger partial charge in [-0.15, -0.1) is 0 Å². The number of anilines is 2. The zero-order chi connectivity index (χ0) is 29.7. The van der Waals surface area contributed by atoms with Crippen molar-refractivity contribution < 1.29 is 27.1 Å². The van der Waals surface area contributed by atoms with Crippen LogP contribution in [-0.4, -0.2) is 77.7 Å². The number of ether oxygens (including phenoxy) is 1. The number of carbonyl (C=O) groups excluding carboxylic acids is 1. The molecule has 3 N–H and O–H groups in total. The van der Waals surface area contributed by atoms with Gasteiger partial charge in [-0.05, 0) is 63.6 Å². The molecule has 1 aromatic carbocycles. The fraction of sp³-hybridized carbons (Fsp3) is 0.429. The number of benzene rings is 1. The smallest absolute Gasteiger partial charge is 0.447 e. The number of imidazole rings is 1. The lowest BCUT2D eigenvalue weighted by molar-refractivity contribution is -0.0330. The number of aromatic nitrogens is 2. The van der Waals surface area contributed by atoms with Crippen LogP contribution in [0.2, 0.25) is 0 Å². The van der Waals surface area contributed by atoms with Crippen molar-refractivity contribution in [3.63, 3.8) is 0 Å². The van der Waals surface area contributed by atoms with E-state index in [1.807, 2.05) is 25.8 Å². The maximum Gasteiger partial charge on any atom is 0.447 e. The summed E-state index contributed by atoms with van der Waals surface area (Å²) in [6, 6.07) is 7.66. The number of alkyl halides is 4. The molecule has 0 saturated carbocycles. The molecule has 0 bridgehead atoms. The van der Waals surface area contributed by atoms with Gasteiger partial charge in [0.1, 0.15) is 22.6 Å². The number of methoxy groups -OCH3 is 1. The van der Waals surface area contributed by atoms with E-state index in [-0.39, 0.29) is 53.2 Å². The largest absolute Gasteiger partial charge is 0.495 e. The molecule has 0 spiro atoms. The Hall–Kier alpha value is -3.63. The minimum Gasteiger partial charge on any atom is -0.495 e. The number of piperidine rings is 1.